The van der Waals surface area contributed by atoms with Gasteiger partial charge in [0.15, 0.2) is 0 Å². The lowest BCUT2D eigenvalue weighted by Crippen LogP contribution is -2.40. The molecule has 1 aromatic heterocycles. The van der Waals surface area contributed by atoms with Crippen molar-refractivity contribution >= 4 is 17.4 Å². The first kappa shape index (κ1) is 13.3. The van der Waals surface area contributed by atoms with Crippen molar-refractivity contribution in [2.75, 3.05) is 19.7 Å². The second-order valence-corrected chi connectivity index (χ2v) is 5.44. The number of carbonyl (C=O) groups is 1. The zero-order valence-corrected chi connectivity index (χ0v) is 11.4. The van der Waals surface area contributed by atoms with Gasteiger partial charge in [0.05, 0.1) is 16.8 Å². The van der Waals surface area contributed by atoms with Gasteiger partial charge in [0.2, 0.25) is 0 Å². The highest BCUT2D eigenvalue weighted by molar-refractivity contribution is 7.09. The Kier molecular flexibility index (Phi) is 4.95. The number of urea groups is 1. The number of amides is 2. The Morgan fingerprint density at radius 1 is 1.61 bits per heavy atom. The number of rotatable bonds is 5. The van der Waals surface area contributed by atoms with Gasteiger partial charge in [-0.25, -0.2) is 9.78 Å². The third-order valence-corrected chi connectivity index (χ3v) is 3.67. The fraction of sp³-hybridized carbons (Fsp3) is 0.667. The molecular formula is C12H19N3O2S. The molecule has 0 unspecified atom stereocenters. The van der Waals surface area contributed by atoms with Crippen LogP contribution in [-0.4, -0.2) is 36.8 Å². The topological polar surface area (TPSA) is 63.2 Å². The van der Waals surface area contributed by atoms with Crippen LogP contribution < -0.4 is 10.6 Å². The summed E-state index contributed by atoms with van der Waals surface area (Å²) in [6, 6.07) is -0.127. The van der Waals surface area contributed by atoms with Gasteiger partial charge in [-0.2, -0.15) is 0 Å². The third kappa shape index (κ3) is 4.27. The molecule has 1 fully saturated rings. The molecule has 0 bridgehead atoms. The standard InChI is InChI=1S/C12H19N3O2S/c1-9-15-10(8-18-9)4-5-13-12(16)14-7-11-3-2-6-17-11/h8,11H,2-7H2,1H3,(H2,13,14,16)/t11-/m1/s1. The van der Waals surface area contributed by atoms with Gasteiger partial charge in [-0.05, 0) is 19.8 Å². The maximum Gasteiger partial charge on any atom is 0.314 e. The molecule has 5 nitrogen and oxygen atoms in total. The van der Waals surface area contributed by atoms with Gasteiger partial charge in [0.25, 0.3) is 0 Å². The summed E-state index contributed by atoms with van der Waals surface area (Å²) in [7, 11) is 0. The Labute approximate surface area is 111 Å². The summed E-state index contributed by atoms with van der Waals surface area (Å²) in [5, 5.41) is 8.74. The number of ether oxygens (including phenoxy) is 1. The molecule has 0 radical (unpaired) electrons. The van der Waals surface area contributed by atoms with Crippen molar-refractivity contribution in [1.29, 1.82) is 0 Å². The molecule has 1 aromatic rings. The van der Waals surface area contributed by atoms with E-state index in [9.17, 15) is 4.79 Å². The predicted octanol–water partition coefficient (Wildman–Crippen LogP) is 1.47. The first-order valence-corrected chi connectivity index (χ1v) is 7.16. The van der Waals surface area contributed by atoms with Crippen LogP contribution in [0, 0.1) is 6.92 Å². The second kappa shape index (κ2) is 6.70. The number of carbonyl (C=O) groups excluding carboxylic acids is 1. The predicted molar refractivity (Wildman–Crippen MR) is 70.9 cm³/mol. The number of aryl methyl sites for hydroxylation is 1. The molecule has 1 aliphatic rings. The zero-order valence-electron chi connectivity index (χ0n) is 10.6. The average Bonchev–Trinajstić information content (AvgIpc) is 2.98. The van der Waals surface area contributed by atoms with Crippen LogP contribution in [0.15, 0.2) is 5.38 Å². The first-order chi connectivity index (χ1) is 8.74. The molecule has 0 saturated carbocycles. The first-order valence-electron chi connectivity index (χ1n) is 6.28. The van der Waals surface area contributed by atoms with Crippen LogP contribution in [0.2, 0.25) is 0 Å². The minimum atomic E-state index is -0.127. The highest BCUT2D eigenvalue weighted by Crippen LogP contribution is 2.10. The normalized spacial score (nSPS) is 18.8. The van der Waals surface area contributed by atoms with Crippen LogP contribution in [0.25, 0.3) is 0 Å². The summed E-state index contributed by atoms with van der Waals surface area (Å²) < 4.78 is 5.43. The Morgan fingerprint density at radius 3 is 3.17 bits per heavy atom. The smallest absolute Gasteiger partial charge is 0.314 e. The maximum absolute atomic E-state index is 11.5. The molecule has 2 rings (SSSR count). The summed E-state index contributed by atoms with van der Waals surface area (Å²) in [5.74, 6) is 0. The van der Waals surface area contributed by atoms with E-state index >= 15 is 0 Å². The van der Waals surface area contributed by atoms with Crippen LogP contribution in [0.3, 0.4) is 0 Å². The number of nitrogens with zero attached hydrogens (tertiary/aromatic N) is 1. The van der Waals surface area contributed by atoms with E-state index in [1.54, 1.807) is 11.3 Å². The Balaban J connectivity index is 1.57. The van der Waals surface area contributed by atoms with Gasteiger partial charge in [-0.15, -0.1) is 11.3 Å². The van der Waals surface area contributed by atoms with Crippen molar-refractivity contribution in [3.63, 3.8) is 0 Å². The van der Waals surface area contributed by atoms with Crippen LogP contribution in [0.1, 0.15) is 23.5 Å². The number of hydrogen-bond acceptors (Lipinski definition) is 4. The van der Waals surface area contributed by atoms with Crippen molar-refractivity contribution in [2.45, 2.75) is 32.3 Å². The van der Waals surface area contributed by atoms with E-state index in [-0.39, 0.29) is 12.1 Å². The minimum Gasteiger partial charge on any atom is -0.376 e. The highest BCUT2D eigenvalue weighted by Gasteiger charge is 2.15. The molecule has 100 valence electrons. The largest absolute Gasteiger partial charge is 0.376 e. The minimum absolute atomic E-state index is 0.127. The molecule has 0 aliphatic carbocycles. The van der Waals surface area contributed by atoms with E-state index in [1.807, 2.05) is 12.3 Å². The number of nitrogens with one attached hydrogen (secondary N) is 2. The number of hydrogen-bond donors (Lipinski definition) is 2. The SMILES string of the molecule is Cc1nc(CCNC(=O)NC[C@H]2CCCO2)cs1. The lowest BCUT2D eigenvalue weighted by Gasteiger charge is -2.11. The highest BCUT2D eigenvalue weighted by atomic mass is 32.1. The fourth-order valence-corrected chi connectivity index (χ4v) is 2.55. The molecule has 1 aliphatic heterocycles. The Bertz CT molecular complexity index is 388. The van der Waals surface area contributed by atoms with Gasteiger partial charge in [0, 0.05) is 31.5 Å². The van der Waals surface area contributed by atoms with E-state index in [0.29, 0.717) is 13.1 Å². The number of thiazole rings is 1. The van der Waals surface area contributed by atoms with Gasteiger partial charge in [-0.3, -0.25) is 0 Å². The van der Waals surface area contributed by atoms with Crippen molar-refractivity contribution in [1.82, 2.24) is 15.6 Å². The lowest BCUT2D eigenvalue weighted by atomic mass is 10.2. The molecule has 1 saturated heterocycles. The molecule has 1 atom stereocenters. The summed E-state index contributed by atoms with van der Waals surface area (Å²) in [5.41, 5.74) is 1.04. The van der Waals surface area contributed by atoms with E-state index < -0.39 is 0 Å². The quantitative estimate of drug-likeness (QED) is 0.851. The molecule has 2 amide bonds. The van der Waals surface area contributed by atoms with E-state index in [2.05, 4.69) is 15.6 Å². The van der Waals surface area contributed by atoms with Crippen LogP contribution in [0.5, 0.6) is 0 Å². The van der Waals surface area contributed by atoms with Crippen molar-refractivity contribution in [2.24, 2.45) is 0 Å². The van der Waals surface area contributed by atoms with E-state index in [1.165, 1.54) is 0 Å². The van der Waals surface area contributed by atoms with Gasteiger partial charge in [0.1, 0.15) is 0 Å². The lowest BCUT2D eigenvalue weighted by molar-refractivity contribution is 0.111. The molecule has 2 heterocycles. The monoisotopic (exact) mass is 269 g/mol. The van der Waals surface area contributed by atoms with Gasteiger partial charge in [-0.1, -0.05) is 0 Å². The summed E-state index contributed by atoms with van der Waals surface area (Å²) in [4.78, 5) is 15.8. The van der Waals surface area contributed by atoms with Crippen LogP contribution in [0.4, 0.5) is 4.79 Å². The molecule has 18 heavy (non-hydrogen) atoms. The van der Waals surface area contributed by atoms with Crippen LogP contribution >= 0.6 is 11.3 Å². The van der Waals surface area contributed by atoms with Gasteiger partial charge >= 0.3 is 6.03 Å². The number of aromatic nitrogens is 1. The summed E-state index contributed by atoms with van der Waals surface area (Å²) in [6.07, 6.45) is 3.10. The zero-order chi connectivity index (χ0) is 12.8. The third-order valence-electron chi connectivity index (χ3n) is 2.85. The molecule has 2 N–H and O–H groups in total. The van der Waals surface area contributed by atoms with E-state index in [0.717, 1.165) is 36.6 Å². The summed E-state index contributed by atoms with van der Waals surface area (Å²) in [6.45, 7) is 4.01. The van der Waals surface area contributed by atoms with Crippen molar-refractivity contribution in [3.8, 4) is 0 Å². The Hall–Kier alpha value is -1.14. The molecular weight excluding hydrogens is 250 g/mol. The fourth-order valence-electron chi connectivity index (χ4n) is 1.90. The van der Waals surface area contributed by atoms with E-state index in [4.69, 9.17) is 4.74 Å². The molecule has 6 heteroatoms. The van der Waals surface area contributed by atoms with Crippen molar-refractivity contribution < 1.29 is 9.53 Å². The Morgan fingerprint density at radius 2 is 2.50 bits per heavy atom. The second-order valence-electron chi connectivity index (χ2n) is 4.38. The molecule has 0 aromatic carbocycles. The van der Waals surface area contributed by atoms with Crippen molar-refractivity contribution in [3.05, 3.63) is 16.1 Å². The average molecular weight is 269 g/mol. The van der Waals surface area contributed by atoms with Gasteiger partial charge < -0.3 is 15.4 Å². The van der Waals surface area contributed by atoms with Crippen LogP contribution in [-0.2, 0) is 11.2 Å². The maximum atomic E-state index is 11.5. The molecule has 0 spiro atoms. The summed E-state index contributed by atoms with van der Waals surface area (Å²) >= 11 is 1.63.